The molecule has 1 aliphatic heterocycles. The lowest BCUT2D eigenvalue weighted by Gasteiger charge is -2.32. The number of hydrogen-bond donors (Lipinski definition) is 2. The molecule has 1 atom stereocenters. The van der Waals surface area contributed by atoms with Gasteiger partial charge >= 0.3 is 12.4 Å². The van der Waals surface area contributed by atoms with Gasteiger partial charge in [0.1, 0.15) is 12.6 Å². The molecule has 1 heterocycles. The van der Waals surface area contributed by atoms with E-state index in [1.165, 1.54) is 0 Å². The van der Waals surface area contributed by atoms with Gasteiger partial charge in [0.2, 0.25) is 5.91 Å². The Labute approximate surface area is 186 Å². The Kier molecular flexibility index (Phi) is 8.71. The highest BCUT2D eigenvalue weighted by Gasteiger charge is 2.38. The molecule has 1 fully saturated rings. The van der Waals surface area contributed by atoms with Crippen LogP contribution in [0, 0.1) is 5.92 Å². The van der Waals surface area contributed by atoms with Crippen LogP contribution in [0.1, 0.15) is 19.4 Å². The van der Waals surface area contributed by atoms with Crippen LogP contribution in [0.2, 0.25) is 0 Å². The van der Waals surface area contributed by atoms with Crippen molar-refractivity contribution in [3.8, 4) is 0 Å². The largest absolute Gasteiger partial charge is 0.418 e. The van der Waals surface area contributed by atoms with Gasteiger partial charge in [0.15, 0.2) is 0 Å². The maximum Gasteiger partial charge on any atom is 0.418 e. The van der Waals surface area contributed by atoms with Crippen molar-refractivity contribution in [1.82, 2.24) is 4.90 Å². The number of nitrogens with two attached hydrogens (primary N) is 1. The Morgan fingerprint density at radius 2 is 1.91 bits per heavy atom. The first-order chi connectivity index (χ1) is 15.2. The van der Waals surface area contributed by atoms with Crippen LogP contribution in [-0.2, 0) is 20.5 Å². The summed E-state index contributed by atoms with van der Waals surface area (Å²) in [5, 5.41) is 2.23. The van der Waals surface area contributed by atoms with Crippen LogP contribution < -0.4 is 16.0 Å². The normalized spacial score (nSPS) is 16.5. The van der Waals surface area contributed by atoms with Crippen LogP contribution in [0.3, 0.4) is 0 Å². The van der Waals surface area contributed by atoms with E-state index in [1.54, 1.807) is 13.8 Å². The van der Waals surface area contributed by atoms with Crippen LogP contribution in [0.4, 0.5) is 37.7 Å². The van der Waals surface area contributed by atoms with E-state index in [-0.39, 0.29) is 37.9 Å². The SMILES string of the molecule is CC(C)CN(CC(F)(F)F)[C@H](CN)C(=O)Nc1ccc(N2CCOCC2=O)c(C(F)(F)F)c1. The number of benzene rings is 1. The van der Waals surface area contributed by atoms with E-state index in [1.807, 2.05) is 0 Å². The molecule has 0 saturated carbocycles. The molecule has 0 unspecified atom stereocenters. The molecule has 7 nitrogen and oxygen atoms in total. The molecule has 3 N–H and O–H groups in total. The second-order valence-corrected chi connectivity index (χ2v) is 8.01. The summed E-state index contributed by atoms with van der Waals surface area (Å²) in [4.78, 5) is 26.5. The number of nitrogens with zero attached hydrogens (tertiary/aromatic N) is 2. The molecule has 0 aromatic heterocycles. The molecule has 13 heteroatoms. The first kappa shape index (κ1) is 26.9. The van der Waals surface area contributed by atoms with Crippen LogP contribution >= 0.6 is 0 Å². The number of hydrogen-bond acceptors (Lipinski definition) is 5. The van der Waals surface area contributed by atoms with E-state index in [4.69, 9.17) is 10.5 Å². The minimum atomic E-state index is -4.86. The van der Waals surface area contributed by atoms with E-state index in [0.717, 1.165) is 21.9 Å². The molecule has 186 valence electrons. The van der Waals surface area contributed by atoms with Crippen molar-refractivity contribution in [2.75, 3.05) is 49.6 Å². The molecule has 0 radical (unpaired) electrons. The van der Waals surface area contributed by atoms with Crippen molar-refractivity contribution in [3.63, 3.8) is 0 Å². The van der Waals surface area contributed by atoms with Crippen molar-refractivity contribution < 1.29 is 40.7 Å². The van der Waals surface area contributed by atoms with Crippen molar-refractivity contribution in [2.24, 2.45) is 11.7 Å². The molecule has 0 spiro atoms. The average molecular weight is 484 g/mol. The van der Waals surface area contributed by atoms with E-state index in [0.29, 0.717) is 6.07 Å². The molecule has 1 aliphatic rings. The smallest absolute Gasteiger partial charge is 0.370 e. The number of ether oxygens (including phenoxy) is 1. The van der Waals surface area contributed by atoms with Crippen LogP contribution in [0.25, 0.3) is 0 Å². The summed E-state index contributed by atoms with van der Waals surface area (Å²) in [7, 11) is 0. The Morgan fingerprint density at radius 1 is 1.24 bits per heavy atom. The standard InChI is InChI=1S/C20H26F6N4O3/c1-12(2)9-29(11-19(21,22)23)16(8-27)18(32)28-13-3-4-15(14(7-13)20(24,25)26)30-5-6-33-10-17(30)31/h3-4,7,12,16H,5-6,8-11,27H2,1-2H3,(H,28,32)/t16-/m1/s1. The Bertz CT molecular complexity index is 844. The third kappa shape index (κ3) is 7.57. The average Bonchev–Trinajstić information content (AvgIpc) is 2.66. The summed E-state index contributed by atoms with van der Waals surface area (Å²) in [6.07, 6.45) is -9.46. The number of amides is 2. The van der Waals surface area contributed by atoms with Gasteiger partial charge in [-0.25, -0.2) is 0 Å². The molecular weight excluding hydrogens is 458 g/mol. The van der Waals surface area contributed by atoms with Gasteiger partial charge in [-0.05, 0) is 24.1 Å². The number of halogens is 6. The molecule has 1 saturated heterocycles. The topological polar surface area (TPSA) is 87.9 Å². The minimum absolute atomic E-state index is 0.0601. The van der Waals surface area contributed by atoms with Crippen LogP contribution in [-0.4, -0.2) is 68.3 Å². The summed E-state index contributed by atoms with van der Waals surface area (Å²) in [6.45, 7) is 0.980. The number of carbonyl (C=O) groups is 2. The van der Waals surface area contributed by atoms with Gasteiger partial charge in [0.05, 0.1) is 24.4 Å². The number of alkyl halides is 6. The summed E-state index contributed by atoms with van der Waals surface area (Å²) in [6, 6.07) is 1.40. The molecular formula is C20H26F6N4O3. The zero-order valence-electron chi connectivity index (χ0n) is 18.1. The summed E-state index contributed by atoms with van der Waals surface area (Å²) in [5.74, 6) is -1.84. The number of morpholine rings is 1. The predicted molar refractivity (Wildman–Crippen MR) is 109 cm³/mol. The zero-order valence-corrected chi connectivity index (χ0v) is 18.1. The molecule has 0 aliphatic carbocycles. The van der Waals surface area contributed by atoms with Crippen molar-refractivity contribution in [2.45, 2.75) is 32.2 Å². The first-order valence-corrected chi connectivity index (χ1v) is 10.1. The molecule has 1 aromatic rings. The fourth-order valence-electron chi connectivity index (χ4n) is 3.50. The minimum Gasteiger partial charge on any atom is -0.370 e. The van der Waals surface area contributed by atoms with Crippen molar-refractivity contribution in [1.29, 1.82) is 0 Å². The molecule has 1 aromatic carbocycles. The van der Waals surface area contributed by atoms with E-state index >= 15 is 0 Å². The number of rotatable bonds is 8. The second kappa shape index (κ2) is 10.7. The summed E-state index contributed by atoms with van der Waals surface area (Å²) < 4.78 is 85.0. The maximum absolute atomic E-state index is 13.7. The van der Waals surface area contributed by atoms with Gasteiger partial charge < -0.3 is 20.7 Å². The van der Waals surface area contributed by atoms with Gasteiger partial charge in [-0.2, -0.15) is 26.3 Å². The lowest BCUT2D eigenvalue weighted by molar-refractivity contribution is -0.154. The van der Waals surface area contributed by atoms with Gasteiger partial charge in [-0.3, -0.25) is 14.5 Å². The predicted octanol–water partition coefficient (Wildman–Crippen LogP) is 2.85. The fourth-order valence-corrected chi connectivity index (χ4v) is 3.50. The maximum atomic E-state index is 13.7. The number of nitrogens with one attached hydrogen (secondary N) is 1. The highest BCUT2D eigenvalue weighted by atomic mass is 19.4. The van der Waals surface area contributed by atoms with Gasteiger partial charge in [0.25, 0.3) is 5.91 Å². The van der Waals surface area contributed by atoms with Gasteiger partial charge in [0, 0.05) is 25.3 Å². The van der Waals surface area contributed by atoms with E-state index in [2.05, 4.69) is 5.32 Å². The Balaban J connectivity index is 2.32. The zero-order chi connectivity index (χ0) is 25.0. The third-order valence-corrected chi connectivity index (χ3v) is 4.79. The molecule has 33 heavy (non-hydrogen) atoms. The second-order valence-electron chi connectivity index (χ2n) is 8.01. The molecule has 2 amide bonds. The molecule has 0 bridgehead atoms. The molecule has 2 rings (SSSR count). The van der Waals surface area contributed by atoms with Crippen molar-refractivity contribution >= 4 is 23.2 Å². The third-order valence-electron chi connectivity index (χ3n) is 4.79. The Morgan fingerprint density at radius 3 is 2.42 bits per heavy atom. The lowest BCUT2D eigenvalue weighted by Crippen LogP contribution is -2.52. The Hall–Kier alpha value is -2.38. The highest BCUT2D eigenvalue weighted by molar-refractivity contribution is 5.98. The van der Waals surface area contributed by atoms with E-state index < -0.39 is 54.5 Å². The first-order valence-electron chi connectivity index (χ1n) is 10.1. The lowest BCUT2D eigenvalue weighted by atomic mass is 10.1. The summed E-state index contributed by atoms with van der Waals surface area (Å²) in [5.41, 5.74) is 3.70. The highest BCUT2D eigenvalue weighted by Crippen LogP contribution is 2.38. The number of anilines is 2. The van der Waals surface area contributed by atoms with Gasteiger partial charge in [-0.15, -0.1) is 0 Å². The number of carbonyl (C=O) groups excluding carboxylic acids is 2. The fraction of sp³-hybridized carbons (Fsp3) is 0.600. The quantitative estimate of drug-likeness (QED) is 0.555. The van der Waals surface area contributed by atoms with Crippen LogP contribution in [0.5, 0.6) is 0 Å². The van der Waals surface area contributed by atoms with Gasteiger partial charge in [-0.1, -0.05) is 13.8 Å². The van der Waals surface area contributed by atoms with Crippen molar-refractivity contribution in [3.05, 3.63) is 23.8 Å². The monoisotopic (exact) mass is 484 g/mol. The van der Waals surface area contributed by atoms with E-state index in [9.17, 15) is 35.9 Å². The summed E-state index contributed by atoms with van der Waals surface area (Å²) >= 11 is 0. The van der Waals surface area contributed by atoms with Crippen LogP contribution in [0.15, 0.2) is 18.2 Å².